The summed E-state index contributed by atoms with van der Waals surface area (Å²) >= 11 is 0. The van der Waals surface area contributed by atoms with E-state index < -0.39 is 0 Å². The van der Waals surface area contributed by atoms with Crippen molar-refractivity contribution >= 4 is 17.3 Å². The van der Waals surface area contributed by atoms with Crippen molar-refractivity contribution in [3.63, 3.8) is 0 Å². The third-order valence-electron chi connectivity index (χ3n) is 3.97. The number of anilines is 2. The Morgan fingerprint density at radius 3 is 2.76 bits per heavy atom. The van der Waals surface area contributed by atoms with E-state index in [4.69, 9.17) is 5.41 Å². The molecule has 0 saturated heterocycles. The topological polar surface area (TPSA) is 39.1 Å². The van der Waals surface area contributed by atoms with Gasteiger partial charge in [0.2, 0.25) is 0 Å². The molecule has 3 heteroatoms. The number of nitrogens with one attached hydrogen (secondary N) is 2. The summed E-state index contributed by atoms with van der Waals surface area (Å²) < 4.78 is 0. The van der Waals surface area contributed by atoms with Crippen LogP contribution in [0.15, 0.2) is 48.5 Å². The van der Waals surface area contributed by atoms with Gasteiger partial charge in [-0.15, -0.1) is 0 Å². The average Bonchev–Trinajstić information content (AvgIpc) is 2.91. The molecule has 21 heavy (non-hydrogen) atoms. The van der Waals surface area contributed by atoms with E-state index >= 15 is 0 Å². The van der Waals surface area contributed by atoms with Crippen molar-refractivity contribution in [2.24, 2.45) is 0 Å². The van der Waals surface area contributed by atoms with Gasteiger partial charge in [0.25, 0.3) is 0 Å². The maximum atomic E-state index is 8.35. The highest BCUT2D eigenvalue weighted by atomic mass is 15.3. The molecule has 0 radical (unpaired) electrons. The van der Waals surface area contributed by atoms with E-state index in [2.05, 4.69) is 49.5 Å². The number of para-hydroxylation sites is 1. The Hall–Kier alpha value is -2.29. The van der Waals surface area contributed by atoms with Crippen molar-refractivity contribution in [3.8, 4) is 0 Å². The van der Waals surface area contributed by atoms with Crippen molar-refractivity contribution in [1.29, 1.82) is 5.41 Å². The molecule has 0 aliphatic carbocycles. The van der Waals surface area contributed by atoms with Crippen LogP contribution in [0.1, 0.15) is 30.9 Å². The highest BCUT2D eigenvalue weighted by Gasteiger charge is 2.21. The van der Waals surface area contributed by atoms with E-state index in [9.17, 15) is 0 Å². The molecule has 0 fully saturated rings. The molecule has 1 heterocycles. The van der Waals surface area contributed by atoms with Gasteiger partial charge in [0.1, 0.15) is 0 Å². The fourth-order valence-electron chi connectivity index (χ4n) is 2.75. The molecule has 2 aromatic carbocycles. The molecule has 2 N–H and O–H groups in total. The predicted molar refractivity (Wildman–Crippen MR) is 89.4 cm³/mol. The monoisotopic (exact) mass is 279 g/mol. The van der Waals surface area contributed by atoms with E-state index in [1.54, 1.807) is 0 Å². The minimum Gasteiger partial charge on any atom is -0.326 e. The third kappa shape index (κ3) is 2.77. The molecule has 3 rings (SSSR count). The molecule has 0 spiro atoms. The maximum absolute atomic E-state index is 8.35. The second kappa shape index (κ2) is 5.60. The summed E-state index contributed by atoms with van der Waals surface area (Å²) in [4.78, 5) is 2.04. The molecule has 108 valence electrons. The van der Waals surface area contributed by atoms with Crippen LogP contribution in [-0.2, 0) is 6.42 Å². The maximum Gasteiger partial charge on any atom is 0.200 e. The smallest absolute Gasteiger partial charge is 0.200 e. The van der Waals surface area contributed by atoms with Gasteiger partial charge in [0.05, 0.1) is 0 Å². The quantitative estimate of drug-likeness (QED) is 0.638. The van der Waals surface area contributed by atoms with Gasteiger partial charge < -0.3 is 10.2 Å². The second-order valence-electron chi connectivity index (χ2n) is 5.78. The SMILES string of the molecule is CC(C)c1cccc(NC(=N)N2CCc3ccccc32)c1. The largest absolute Gasteiger partial charge is 0.326 e. The van der Waals surface area contributed by atoms with Gasteiger partial charge in [0, 0.05) is 17.9 Å². The Morgan fingerprint density at radius 1 is 1.14 bits per heavy atom. The standard InChI is InChI=1S/C18H21N3/c1-13(2)15-7-5-8-16(12-15)20-18(19)21-11-10-14-6-3-4-9-17(14)21/h3-9,12-13H,10-11H2,1-2H3,(H2,19,20). The number of rotatable bonds is 2. The summed E-state index contributed by atoms with van der Waals surface area (Å²) in [5.74, 6) is 0.939. The van der Waals surface area contributed by atoms with Crippen LogP contribution in [0.25, 0.3) is 0 Å². The van der Waals surface area contributed by atoms with Crippen molar-refractivity contribution in [1.82, 2.24) is 0 Å². The van der Waals surface area contributed by atoms with Gasteiger partial charge in [-0.2, -0.15) is 0 Å². The summed E-state index contributed by atoms with van der Waals surface area (Å²) in [6.07, 6.45) is 1.01. The minimum absolute atomic E-state index is 0.445. The number of nitrogens with zero attached hydrogens (tertiary/aromatic N) is 1. The van der Waals surface area contributed by atoms with Gasteiger partial charge in [-0.25, -0.2) is 0 Å². The molecule has 2 aromatic rings. The predicted octanol–water partition coefficient (Wildman–Crippen LogP) is 4.22. The van der Waals surface area contributed by atoms with E-state index in [0.29, 0.717) is 11.9 Å². The Balaban J connectivity index is 1.77. The fraction of sp³-hybridized carbons (Fsp3) is 0.278. The lowest BCUT2D eigenvalue weighted by molar-refractivity contribution is 0.867. The number of fused-ring (bicyclic) bond motifs is 1. The summed E-state index contributed by atoms with van der Waals surface area (Å²) in [5.41, 5.74) is 4.74. The first-order chi connectivity index (χ1) is 10.1. The first-order valence-electron chi connectivity index (χ1n) is 7.46. The van der Waals surface area contributed by atoms with Crippen LogP contribution in [-0.4, -0.2) is 12.5 Å². The van der Waals surface area contributed by atoms with Gasteiger partial charge >= 0.3 is 0 Å². The lowest BCUT2D eigenvalue weighted by Crippen LogP contribution is -2.34. The average molecular weight is 279 g/mol. The van der Waals surface area contributed by atoms with Crippen molar-refractivity contribution in [2.75, 3.05) is 16.8 Å². The van der Waals surface area contributed by atoms with Crippen molar-refractivity contribution < 1.29 is 0 Å². The molecular weight excluding hydrogens is 258 g/mol. The summed E-state index contributed by atoms with van der Waals surface area (Å²) in [6, 6.07) is 16.6. The Bertz CT molecular complexity index is 661. The van der Waals surface area contributed by atoms with E-state index in [1.807, 2.05) is 23.1 Å². The van der Waals surface area contributed by atoms with Gasteiger partial charge in [-0.3, -0.25) is 5.41 Å². The van der Waals surface area contributed by atoms with Crippen LogP contribution in [0.4, 0.5) is 11.4 Å². The zero-order valence-corrected chi connectivity index (χ0v) is 12.6. The molecule has 1 aliphatic heterocycles. The lowest BCUT2D eigenvalue weighted by atomic mass is 10.0. The van der Waals surface area contributed by atoms with Gasteiger partial charge in [-0.05, 0) is 41.7 Å². The molecule has 0 unspecified atom stereocenters. The molecule has 0 bridgehead atoms. The molecule has 0 saturated carbocycles. The van der Waals surface area contributed by atoms with Gasteiger partial charge in [-0.1, -0.05) is 44.2 Å². The first-order valence-corrected chi connectivity index (χ1v) is 7.46. The Morgan fingerprint density at radius 2 is 1.95 bits per heavy atom. The minimum atomic E-state index is 0.445. The molecule has 0 amide bonds. The number of hydrogen-bond donors (Lipinski definition) is 2. The van der Waals surface area contributed by atoms with Crippen LogP contribution in [0, 0.1) is 5.41 Å². The van der Waals surface area contributed by atoms with Crippen LogP contribution >= 0.6 is 0 Å². The zero-order chi connectivity index (χ0) is 14.8. The highest BCUT2D eigenvalue weighted by Crippen LogP contribution is 2.28. The Labute approximate surface area is 126 Å². The van der Waals surface area contributed by atoms with E-state index in [1.165, 1.54) is 11.1 Å². The van der Waals surface area contributed by atoms with E-state index in [0.717, 1.165) is 24.3 Å². The Kier molecular flexibility index (Phi) is 3.65. The van der Waals surface area contributed by atoms with Crippen molar-refractivity contribution in [3.05, 3.63) is 59.7 Å². The van der Waals surface area contributed by atoms with Gasteiger partial charge in [0.15, 0.2) is 5.96 Å². The first kappa shape index (κ1) is 13.7. The zero-order valence-electron chi connectivity index (χ0n) is 12.6. The molecule has 0 atom stereocenters. The van der Waals surface area contributed by atoms with Crippen LogP contribution in [0.3, 0.4) is 0 Å². The molecule has 3 nitrogen and oxygen atoms in total. The number of hydrogen-bond acceptors (Lipinski definition) is 1. The summed E-state index contributed by atoms with van der Waals surface area (Å²) in [6.45, 7) is 5.23. The summed E-state index contributed by atoms with van der Waals surface area (Å²) in [5, 5.41) is 11.6. The molecule has 1 aliphatic rings. The molecule has 0 aromatic heterocycles. The molecular formula is C18H21N3. The normalized spacial score (nSPS) is 13.4. The second-order valence-corrected chi connectivity index (χ2v) is 5.78. The van der Waals surface area contributed by atoms with Crippen LogP contribution in [0.2, 0.25) is 0 Å². The lowest BCUT2D eigenvalue weighted by Gasteiger charge is -2.21. The van der Waals surface area contributed by atoms with Crippen LogP contribution < -0.4 is 10.2 Å². The highest BCUT2D eigenvalue weighted by molar-refractivity contribution is 6.04. The fourth-order valence-corrected chi connectivity index (χ4v) is 2.75. The summed E-state index contributed by atoms with van der Waals surface area (Å²) in [7, 11) is 0. The van der Waals surface area contributed by atoms with E-state index in [-0.39, 0.29) is 0 Å². The van der Waals surface area contributed by atoms with Crippen LogP contribution in [0.5, 0.6) is 0 Å². The number of benzene rings is 2. The number of guanidine groups is 1. The van der Waals surface area contributed by atoms with Crippen molar-refractivity contribution in [2.45, 2.75) is 26.2 Å². The third-order valence-corrected chi connectivity index (χ3v) is 3.97.